The minimum atomic E-state index is 0.283. The van der Waals surface area contributed by atoms with Crippen molar-refractivity contribution in [1.29, 1.82) is 0 Å². The number of para-hydroxylation sites is 1. The Labute approximate surface area is 108 Å². The largest absolute Gasteiger partial charge is 0.508 e. The van der Waals surface area contributed by atoms with E-state index in [2.05, 4.69) is 18.7 Å². The Morgan fingerprint density at radius 1 is 1.00 bits per heavy atom. The van der Waals surface area contributed by atoms with Gasteiger partial charge in [-0.2, -0.15) is 0 Å². The van der Waals surface area contributed by atoms with Gasteiger partial charge in [-0.3, -0.25) is 0 Å². The monoisotopic (exact) mass is 238 g/mol. The van der Waals surface area contributed by atoms with E-state index < -0.39 is 0 Å². The summed E-state index contributed by atoms with van der Waals surface area (Å²) in [5.41, 5.74) is 2.29. The van der Waals surface area contributed by atoms with Crippen LogP contribution in [0.15, 0.2) is 67.3 Å². The molecule has 0 aromatic heterocycles. The van der Waals surface area contributed by atoms with Crippen LogP contribution in [-0.2, 0) is 6.42 Å². The Morgan fingerprint density at radius 2 is 1.67 bits per heavy atom. The molecule has 0 saturated carbocycles. The Balaban J connectivity index is 2.24. The summed E-state index contributed by atoms with van der Waals surface area (Å²) in [6.07, 6.45) is 3.71. The lowest BCUT2D eigenvalue weighted by molar-refractivity contribution is 0.460. The van der Waals surface area contributed by atoms with Gasteiger partial charge in [-0.25, -0.2) is 0 Å². The van der Waals surface area contributed by atoms with Gasteiger partial charge in [0.2, 0.25) is 0 Å². The number of aromatic hydroxyl groups is 1. The van der Waals surface area contributed by atoms with Gasteiger partial charge in [0.1, 0.15) is 5.75 Å². The third-order valence-electron chi connectivity index (χ3n) is 3.15. The number of allylic oxidation sites excluding steroid dienone is 1. The molecular weight excluding hydrogens is 220 g/mol. The molecule has 0 fully saturated rings. The van der Waals surface area contributed by atoms with Crippen LogP contribution in [-0.4, -0.2) is 5.11 Å². The van der Waals surface area contributed by atoms with Gasteiger partial charge in [-0.15, -0.1) is 6.58 Å². The van der Waals surface area contributed by atoms with Crippen molar-refractivity contribution in [2.45, 2.75) is 18.8 Å². The van der Waals surface area contributed by atoms with Crippen LogP contribution in [0.5, 0.6) is 5.75 Å². The second-order valence-electron chi connectivity index (χ2n) is 4.47. The molecule has 0 bridgehead atoms. The third-order valence-corrected chi connectivity index (χ3v) is 3.15. The normalized spacial score (nSPS) is 12.0. The average molecular weight is 238 g/mol. The molecule has 0 aliphatic heterocycles. The molecular formula is C17H18O. The predicted octanol–water partition coefficient (Wildman–Crippen LogP) is 4.29. The van der Waals surface area contributed by atoms with E-state index in [1.807, 2.05) is 42.5 Å². The molecule has 0 amide bonds. The van der Waals surface area contributed by atoms with Gasteiger partial charge in [-0.05, 0) is 36.0 Å². The summed E-state index contributed by atoms with van der Waals surface area (Å²) in [6, 6.07) is 17.9. The first kappa shape index (κ1) is 12.4. The fourth-order valence-corrected chi connectivity index (χ4v) is 2.25. The standard InChI is InChI=1S/C17H18O/c1-2-8-15(13-14-9-4-3-5-10-14)16-11-6-7-12-17(16)18/h2-7,9-12,15,18H,1,8,13H2. The highest BCUT2D eigenvalue weighted by Gasteiger charge is 2.14. The first-order valence-corrected chi connectivity index (χ1v) is 6.24. The van der Waals surface area contributed by atoms with Crippen molar-refractivity contribution in [1.82, 2.24) is 0 Å². The van der Waals surface area contributed by atoms with Gasteiger partial charge in [0.15, 0.2) is 0 Å². The van der Waals surface area contributed by atoms with E-state index in [-0.39, 0.29) is 5.92 Å². The molecule has 2 aromatic rings. The molecule has 0 saturated heterocycles. The van der Waals surface area contributed by atoms with Gasteiger partial charge in [0.25, 0.3) is 0 Å². The molecule has 2 rings (SSSR count). The van der Waals surface area contributed by atoms with E-state index in [1.165, 1.54) is 5.56 Å². The summed E-state index contributed by atoms with van der Waals surface area (Å²) in [6.45, 7) is 3.82. The highest BCUT2D eigenvalue weighted by molar-refractivity contribution is 5.36. The number of phenolic OH excluding ortho intramolecular Hbond substituents is 1. The Hall–Kier alpha value is -2.02. The zero-order valence-electron chi connectivity index (χ0n) is 10.4. The van der Waals surface area contributed by atoms with Crippen LogP contribution in [0, 0.1) is 0 Å². The van der Waals surface area contributed by atoms with Crippen molar-refractivity contribution < 1.29 is 5.11 Å². The van der Waals surface area contributed by atoms with Crippen molar-refractivity contribution in [3.8, 4) is 5.75 Å². The van der Waals surface area contributed by atoms with Crippen LogP contribution >= 0.6 is 0 Å². The molecule has 92 valence electrons. The molecule has 0 aliphatic carbocycles. The second-order valence-corrected chi connectivity index (χ2v) is 4.47. The summed E-state index contributed by atoms with van der Waals surface area (Å²) in [4.78, 5) is 0. The van der Waals surface area contributed by atoms with Crippen molar-refractivity contribution in [3.05, 3.63) is 78.4 Å². The highest BCUT2D eigenvalue weighted by Crippen LogP contribution is 2.31. The Bertz CT molecular complexity index is 502. The number of rotatable bonds is 5. The van der Waals surface area contributed by atoms with E-state index in [0.29, 0.717) is 5.75 Å². The highest BCUT2D eigenvalue weighted by atomic mass is 16.3. The first-order valence-electron chi connectivity index (χ1n) is 6.24. The van der Waals surface area contributed by atoms with Crippen molar-refractivity contribution in [2.24, 2.45) is 0 Å². The fourth-order valence-electron chi connectivity index (χ4n) is 2.25. The quantitative estimate of drug-likeness (QED) is 0.770. The number of hydrogen-bond acceptors (Lipinski definition) is 1. The lowest BCUT2D eigenvalue weighted by Gasteiger charge is -2.17. The lowest BCUT2D eigenvalue weighted by atomic mass is 9.89. The molecule has 2 aromatic carbocycles. The van der Waals surface area contributed by atoms with Crippen LogP contribution in [0.2, 0.25) is 0 Å². The summed E-state index contributed by atoms with van der Waals surface area (Å²) >= 11 is 0. The van der Waals surface area contributed by atoms with Crippen LogP contribution in [0.25, 0.3) is 0 Å². The zero-order valence-corrected chi connectivity index (χ0v) is 10.4. The van der Waals surface area contributed by atoms with Crippen LogP contribution in [0.4, 0.5) is 0 Å². The molecule has 1 heteroatoms. The summed E-state index contributed by atoms with van der Waals surface area (Å²) < 4.78 is 0. The lowest BCUT2D eigenvalue weighted by Crippen LogP contribution is -2.02. The minimum Gasteiger partial charge on any atom is -0.508 e. The second kappa shape index (κ2) is 6.06. The number of benzene rings is 2. The maximum Gasteiger partial charge on any atom is 0.119 e. The molecule has 1 nitrogen and oxygen atoms in total. The molecule has 0 aliphatic rings. The van der Waals surface area contributed by atoms with Gasteiger partial charge in [0.05, 0.1) is 0 Å². The van der Waals surface area contributed by atoms with Crippen LogP contribution in [0.3, 0.4) is 0 Å². The first-order chi connectivity index (χ1) is 8.81. The third kappa shape index (κ3) is 3.01. The number of hydrogen-bond donors (Lipinski definition) is 1. The van der Waals surface area contributed by atoms with E-state index in [9.17, 15) is 5.11 Å². The zero-order chi connectivity index (χ0) is 12.8. The molecule has 0 radical (unpaired) electrons. The topological polar surface area (TPSA) is 20.2 Å². The Morgan fingerprint density at radius 3 is 2.33 bits per heavy atom. The van der Waals surface area contributed by atoms with E-state index in [1.54, 1.807) is 6.07 Å². The van der Waals surface area contributed by atoms with E-state index in [4.69, 9.17) is 0 Å². The smallest absolute Gasteiger partial charge is 0.119 e. The molecule has 1 N–H and O–H groups in total. The number of phenols is 1. The maximum atomic E-state index is 9.95. The van der Waals surface area contributed by atoms with E-state index >= 15 is 0 Å². The summed E-state index contributed by atoms with van der Waals surface area (Å²) in [7, 11) is 0. The summed E-state index contributed by atoms with van der Waals surface area (Å²) in [5, 5.41) is 9.95. The van der Waals surface area contributed by atoms with Gasteiger partial charge in [0, 0.05) is 0 Å². The van der Waals surface area contributed by atoms with Gasteiger partial charge in [-0.1, -0.05) is 54.6 Å². The molecule has 1 atom stereocenters. The van der Waals surface area contributed by atoms with E-state index in [0.717, 1.165) is 18.4 Å². The molecule has 0 spiro atoms. The van der Waals surface area contributed by atoms with Crippen molar-refractivity contribution in [2.75, 3.05) is 0 Å². The van der Waals surface area contributed by atoms with Crippen LogP contribution in [0.1, 0.15) is 23.5 Å². The predicted molar refractivity (Wildman–Crippen MR) is 75.8 cm³/mol. The molecule has 0 heterocycles. The Kier molecular flexibility index (Phi) is 4.19. The SMILES string of the molecule is C=CCC(Cc1ccccc1)c1ccccc1O. The fraction of sp³-hybridized carbons (Fsp3) is 0.176. The van der Waals surface area contributed by atoms with Crippen LogP contribution < -0.4 is 0 Å². The molecule has 18 heavy (non-hydrogen) atoms. The molecule has 1 unspecified atom stereocenters. The minimum absolute atomic E-state index is 0.283. The average Bonchev–Trinajstić information content (AvgIpc) is 2.40. The van der Waals surface area contributed by atoms with Gasteiger partial charge >= 0.3 is 0 Å². The van der Waals surface area contributed by atoms with Gasteiger partial charge < -0.3 is 5.11 Å². The summed E-state index contributed by atoms with van der Waals surface area (Å²) in [5.74, 6) is 0.659. The van der Waals surface area contributed by atoms with Crippen molar-refractivity contribution >= 4 is 0 Å². The maximum absolute atomic E-state index is 9.95. The van der Waals surface area contributed by atoms with Crippen molar-refractivity contribution in [3.63, 3.8) is 0 Å².